The first-order valence-electron chi connectivity index (χ1n) is 10.2. The van der Waals surface area contributed by atoms with E-state index in [0.717, 1.165) is 42.6 Å². The molecule has 2 aliphatic rings. The molecule has 1 aliphatic carbocycles. The largest absolute Gasteiger partial charge is 0.336 e. The molecule has 0 bridgehead atoms. The third kappa shape index (κ3) is 3.75. The molecule has 1 fully saturated rings. The number of carbonyl (C=O) groups is 1. The number of fused-ring (bicyclic) bond motifs is 3. The normalized spacial score (nSPS) is 17.3. The van der Waals surface area contributed by atoms with Gasteiger partial charge in [-0.1, -0.05) is 11.6 Å². The van der Waals surface area contributed by atoms with Gasteiger partial charge in [-0.25, -0.2) is 9.97 Å². The highest BCUT2D eigenvalue weighted by Crippen LogP contribution is 2.33. The molecule has 0 saturated carbocycles. The number of nitrogens with zero attached hydrogens (tertiary/aromatic N) is 4. The number of H-pyrrole nitrogens is 1. The summed E-state index contributed by atoms with van der Waals surface area (Å²) in [6.45, 7) is 3.29. The van der Waals surface area contributed by atoms with E-state index in [2.05, 4.69) is 14.9 Å². The SMILES string of the molecule is O=C(c1ccnc(Cl)c1)N1CCN(Cc2nc3sc4c(c3c(=O)[nH]2)CCCC4)CC1. The highest BCUT2D eigenvalue weighted by Gasteiger charge is 2.24. The summed E-state index contributed by atoms with van der Waals surface area (Å²) in [6.07, 6.45) is 5.93. The first kappa shape index (κ1) is 19.7. The number of pyridine rings is 1. The maximum Gasteiger partial charge on any atom is 0.259 e. The number of rotatable bonds is 3. The van der Waals surface area contributed by atoms with Crippen LogP contribution < -0.4 is 5.56 Å². The van der Waals surface area contributed by atoms with E-state index < -0.39 is 0 Å². The van der Waals surface area contributed by atoms with Crippen molar-refractivity contribution in [3.05, 3.63) is 55.7 Å². The topological polar surface area (TPSA) is 82.2 Å². The zero-order valence-corrected chi connectivity index (χ0v) is 18.1. The molecule has 1 amide bonds. The fourth-order valence-corrected chi connectivity index (χ4v) is 5.78. The molecule has 0 aromatic carbocycles. The Kier molecular flexibility index (Phi) is 5.30. The number of hydrogen-bond acceptors (Lipinski definition) is 6. The molecule has 0 unspecified atom stereocenters. The summed E-state index contributed by atoms with van der Waals surface area (Å²) < 4.78 is 0. The average molecular weight is 444 g/mol. The van der Waals surface area contributed by atoms with Crippen LogP contribution in [0.5, 0.6) is 0 Å². The lowest BCUT2D eigenvalue weighted by Crippen LogP contribution is -2.48. The Balaban J connectivity index is 1.27. The number of hydrogen-bond donors (Lipinski definition) is 1. The van der Waals surface area contributed by atoms with Crippen molar-refractivity contribution in [2.45, 2.75) is 32.2 Å². The minimum atomic E-state index is -0.0314. The molecule has 9 heteroatoms. The van der Waals surface area contributed by atoms with E-state index >= 15 is 0 Å². The quantitative estimate of drug-likeness (QED) is 0.629. The number of carbonyl (C=O) groups excluding carboxylic acids is 1. The summed E-state index contributed by atoms with van der Waals surface area (Å²) in [7, 11) is 0. The highest BCUT2D eigenvalue weighted by molar-refractivity contribution is 7.18. The molecule has 7 nitrogen and oxygen atoms in total. The van der Waals surface area contributed by atoms with Crippen molar-refractivity contribution >= 4 is 39.1 Å². The van der Waals surface area contributed by atoms with Crippen molar-refractivity contribution in [1.82, 2.24) is 24.8 Å². The van der Waals surface area contributed by atoms with Gasteiger partial charge in [-0.05, 0) is 43.4 Å². The minimum absolute atomic E-state index is 0.0159. The van der Waals surface area contributed by atoms with Crippen molar-refractivity contribution in [2.24, 2.45) is 0 Å². The third-order valence-electron chi connectivity index (χ3n) is 5.88. The van der Waals surface area contributed by atoms with Crippen molar-refractivity contribution in [1.29, 1.82) is 0 Å². The molecule has 30 heavy (non-hydrogen) atoms. The lowest BCUT2D eigenvalue weighted by molar-refractivity contribution is 0.0625. The second kappa shape index (κ2) is 8.09. The third-order valence-corrected chi connectivity index (χ3v) is 7.27. The predicted octanol–water partition coefficient (Wildman–Crippen LogP) is 2.87. The summed E-state index contributed by atoms with van der Waals surface area (Å²) in [4.78, 5) is 43.3. The molecule has 1 aliphatic heterocycles. The van der Waals surface area contributed by atoms with Crippen molar-refractivity contribution in [3.63, 3.8) is 0 Å². The van der Waals surface area contributed by atoms with Crippen molar-refractivity contribution < 1.29 is 4.79 Å². The second-order valence-corrected chi connectivity index (χ2v) is 9.31. The van der Waals surface area contributed by atoms with E-state index in [1.54, 1.807) is 29.7 Å². The predicted molar refractivity (Wildman–Crippen MR) is 117 cm³/mol. The molecular weight excluding hydrogens is 422 g/mol. The van der Waals surface area contributed by atoms with Gasteiger partial charge >= 0.3 is 0 Å². The first-order valence-corrected chi connectivity index (χ1v) is 11.4. The molecule has 0 radical (unpaired) electrons. The Labute approximate surface area is 182 Å². The van der Waals surface area contributed by atoms with Crippen LogP contribution in [0.2, 0.25) is 5.15 Å². The van der Waals surface area contributed by atoms with Crippen molar-refractivity contribution in [2.75, 3.05) is 26.2 Å². The number of thiophene rings is 1. The lowest BCUT2D eigenvalue weighted by Gasteiger charge is -2.34. The van der Waals surface area contributed by atoms with Crippen LogP contribution in [0.4, 0.5) is 0 Å². The van der Waals surface area contributed by atoms with Crippen LogP contribution in [0.1, 0.15) is 39.5 Å². The highest BCUT2D eigenvalue weighted by atomic mass is 35.5. The van der Waals surface area contributed by atoms with Gasteiger partial charge in [0.25, 0.3) is 11.5 Å². The van der Waals surface area contributed by atoms with Crippen LogP contribution in [-0.2, 0) is 19.4 Å². The number of aromatic nitrogens is 3. The van der Waals surface area contributed by atoms with Crippen molar-refractivity contribution in [3.8, 4) is 0 Å². The van der Waals surface area contributed by atoms with E-state index in [1.807, 2.05) is 4.90 Å². The Morgan fingerprint density at radius 2 is 2.00 bits per heavy atom. The Hall–Kier alpha value is -2.29. The Morgan fingerprint density at radius 3 is 2.80 bits per heavy atom. The summed E-state index contributed by atoms with van der Waals surface area (Å²) in [6, 6.07) is 3.28. The molecule has 4 heterocycles. The maximum absolute atomic E-state index is 12.7. The van der Waals surface area contributed by atoms with Gasteiger partial charge in [-0.3, -0.25) is 14.5 Å². The molecule has 0 spiro atoms. The van der Waals surface area contributed by atoms with Gasteiger partial charge in [0.15, 0.2) is 0 Å². The van der Waals surface area contributed by atoms with Crippen LogP contribution in [0.15, 0.2) is 23.1 Å². The lowest BCUT2D eigenvalue weighted by atomic mass is 9.97. The number of aryl methyl sites for hydroxylation is 2. The van der Waals surface area contributed by atoms with E-state index in [9.17, 15) is 9.59 Å². The Morgan fingerprint density at radius 1 is 1.20 bits per heavy atom. The van der Waals surface area contributed by atoms with E-state index in [4.69, 9.17) is 16.6 Å². The van der Waals surface area contributed by atoms with Crippen LogP contribution in [0.25, 0.3) is 10.2 Å². The van der Waals surface area contributed by atoms with Gasteiger partial charge in [0.1, 0.15) is 15.8 Å². The molecule has 3 aromatic rings. The number of amides is 1. The van der Waals surface area contributed by atoms with Gasteiger partial charge in [0.05, 0.1) is 11.9 Å². The molecule has 5 rings (SSSR count). The van der Waals surface area contributed by atoms with Crippen LogP contribution in [-0.4, -0.2) is 56.8 Å². The molecule has 1 saturated heterocycles. The second-order valence-electron chi connectivity index (χ2n) is 7.84. The van der Waals surface area contributed by atoms with E-state index in [0.29, 0.717) is 36.2 Å². The average Bonchev–Trinajstić information content (AvgIpc) is 3.12. The fourth-order valence-electron chi connectivity index (χ4n) is 4.32. The fraction of sp³-hybridized carbons (Fsp3) is 0.429. The summed E-state index contributed by atoms with van der Waals surface area (Å²) in [5, 5.41) is 1.12. The van der Waals surface area contributed by atoms with Crippen LogP contribution >= 0.6 is 22.9 Å². The van der Waals surface area contributed by atoms with Gasteiger partial charge < -0.3 is 9.88 Å². The molecule has 0 atom stereocenters. The number of piperazine rings is 1. The minimum Gasteiger partial charge on any atom is -0.336 e. The zero-order valence-electron chi connectivity index (χ0n) is 16.5. The zero-order chi connectivity index (χ0) is 20.7. The number of nitrogens with one attached hydrogen (secondary N) is 1. The number of aromatic amines is 1. The van der Waals surface area contributed by atoms with Gasteiger partial charge in [0, 0.05) is 42.8 Å². The molecule has 156 valence electrons. The van der Waals surface area contributed by atoms with E-state index in [-0.39, 0.29) is 11.5 Å². The van der Waals surface area contributed by atoms with Crippen LogP contribution in [0, 0.1) is 0 Å². The van der Waals surface area contributed by atoms with Crippen LogP contribution in [0.3, 0.4) is 0 Å². The standard InChI is InChI=1S/C21H22ClN5O2S/c22-16-11-13(5-6-23-16)21(29)27-9-7-26(8-10-27)12-17-24-19(28)18-14-3-1-2-4-15(14)30-20(18)25-17/h5-6,11H,1-4,7-10,12H2,(H,24,25,28). The van der Waals surface area contributed by atoms with Gasteiger partial charge in [-0.2, -0.15) is 0 Å². The summed E-state index contributed by atoms with van der Waals surface area (Å²) in [5.74, 6) is 0.669. The smallest absolute Gasteiger partial charge is 0.259 e. The molecule has 1 N–H and O–H groups in total. The van der Waals surface area contributed by atoms with E-state index in [1.165, 1.54) is 16.9 Å². The molecule has 3 aromatic heterocycles. The first-order chi connectivity index (χ1) is 14.6. The Bertz CT molecular complexity index is 1170. The maximum atomic E-state index is 12.7. The number of halogens is 1. The summed E-state index contributed by atoms with van der Waals surface area (Å²) in [5.41, 5.74) is 1.75. The van der Waals surface area contributed by atoms with Gasteiger partial charge in [-0.15, -0.1) is 11.3 Å². The van der Waals surface area contributed by atoms with Gasteiger partial charge in [0.2, 0.25) is 0 Å². The monoisotopic (exact) mass is 443 g/mol. The molecular formula is C21H22ClN5O2S. The summed E-state index contributed by atoms with van der Waals surface area (Å²) >= 11 is 7.58.